The van der Waals surface area contributed by atoms with E-state index in [0.717, 1.165) is 44.2 Å². The van der Waals surface area contributed by atoms with E-state index in [2.05, 4.69) is 37.3 Å². The molecule has 1 aliphatic rings. The molecule has 0 unspecified atom stereocenters. The lowest BCUT2D eigenvalue weighted by molar-refractivity contribution is -0.0790. The van der Waals surface area contributed by atoms with Gasteiger partial charge in [0, 0.05) is 11.6 Å². The van der Waals surface area contributed by atoms with Crippen LogP contribution in [0.2, 0.25) is 0 Å². The van der Waals surface area contributed by atoms with E-state index in [0.29, 0.717) is 36.3 Å². The maximum Gasteiger partial charge on any atom is 0.409 e. The largest absolute Gasteiger partial charge is 0.409 e. The van der Waals surface area contributed by atoms with Gasteiger partial charge in [0.05, 0.1) is 0 Å². The number of rotatable bonds is 7. The van der Waals surface area contributed by atoms with E-state index >= 15 is 0 Å². The van der Waals surface area contributed by atoms with Crippen molar-refractivity contribution in [2.24, 2.45) is 5.92 Å². The molecular weight excluding hydrogens is 419 g/mol. The zero-order valence-corrected chi connectivity index (χ0v) is 18.3. The summed E-state index contributed by atoms with van der Waals surface area (Å²) in [5, 5.41) is 0. The average Bonchev–Trinajstić information content (AvgIpc) is 2.76. The SMILES string of the molecule is CCc1ccc(C2CCC(/C=C/CCc3cc(F)c(/C=C/C(F)(F)F)c(F)c3)CC2)cc1. The third kappa shape index (κ3) is 7.04. The van der Waals surface area contributed by atoms with Gasteiger partial charge in [-0.1, -0.05) is 43.3 Å². The summed E-state index contributed by atoms with van der Waals surface area (Å²) in [5.41, 5.74) is 2.55. The molecule has 0 bridgehead atoms. The zero-order chi connectivity index (χ0) is 23.1. The van der Waals surface area contributed by atoms with E-state index in [1.165, 1.54) is 11.1 Å². The molecule has 0 atom stereocenters. The van der Waals surface area contributed by atoms with Gasteiger partial charge in [-0.25, -0.2) is 8.78 Å². The Kier molecular flexibility index (Phi) is 8.27. The van der Waals surface area contributed by atoms with Crippen LogP contribution in [0.5, 0.6) is 0 Å². The summed E-state index contributed by atoms with van der Waals surface area (Å²) < 4.78 is 64.8. The van der Waals surface area contributed by atoms with Gasteiger partial charge in [0.25, 0.3) is 0 Å². The molecule has 3 rings (SSSR count). The molecule has 0 N–H and O–H groups in total. The molecule has 0 nitrogen and oxygen atoms in total. The third-order valence-electron chi connectivity index (χ3n) is 6.22. The topological polar surface area (TPSA) is 0 Å². The van der Waals surface area contributed by atoms with E-state index in [-0.39, 0.29) is 6.08 Å². The quantitative estimate of drug-likeness (QED) is 0.294. The van der Waals surface area contributed by atoms with Crippen LogP contribution in [0.1, 0.15) is 67.2 Å². The number of allylic oxidation sites excluding steroid dienone is 3. The minimum Gasteiger partial charge on any atom is -0.206 e. The Morgan fingerprint density at radius 1 is 0.906 bits per heavy atom. The molecule has 0 aromatic heterocycles. The van der Waals surface area contributed by atoms with Gasteiger partial charge in [0.15, 0.2) is 0 Å². The minimum atomic E-state index is -4.61. The molecular formula is C27H29F5. The van der Waals surface area contributed by atoms with Crippen molar-refractivity contribution in [1.82, 2.24) is 0 Å². The molecule has 2 aromatic carbocycles. The number of hydrogen-bond acceptors (Lipinski definition) is 0. The number of benzene rings is 2. The normalized spacial score (nSPS) is 19.8. The molecule has 0 radical (unpaired) electrons. The molecule has 0 amide bonds. The van der Waals surface area contributed by atoms with Crippen molar-refractivity contribution in [3.8, 4) is 0 Å². The van der Waals surface area contributed by atoms with Gasteiger partial charge in [-0.3, -0.25) is 0 Å². The lowest BCUT2D eigenvalue weighted by Crippen LogP contribution is -2.11. The molecule has 5 heteroatoms. The number of halogens is 5. The summed E-state index contributed by atoms with van der Waals surface area (Å²) in [6.45, 7) is 2.16. The van der Waals surface area contributed by atoms with Crippen molar-refractivity contribution in [1.29, 1.82) is 0 Å². The van der Waals surface area contributed by atoms with Gasteiger partial charge in [0.1, 0.15) is 11.6 Å². The Morgan fingerprint density at radius 2 is 1.53 bits per heavy atom. The Morgan fingerprint density at radius 3 is 2.09 bits per heavy atom. The summed E-state index contributed by atoms with van der Waals surface area (Å²) in [6.07, 6.45) is 6.60. The molecule has 0 heterocycles. The second-order valence-corrected chi connectivity index (χ2v) is 8.52. The van der Waals surface area contributed by atoms with Crippen molar-refractivity contribution < 1.29 is 22.0 Å². The van der Waals surface area contributed by atoms with Crippen LogP contribution in [-0.2, 0) is 12.8 Å². The minimum absolute atomic E-state index is 0.161. The van der Waals surface area contributed by atoms with Crippen LogP contribution in [0.25, 0.3) is 6.08 Å². The maximum absolute atomic E-state index is 14.0. The summed E-state index contributed by atoms with van der Waals surface area (Å²) in [4.78, 5) is 0. The first kappa shape index (κ1) is 24.2. The van der Waals surface area contributed by atoms with Gasteiger partial charge in [-0.15, -0.1) is 0 Å². The Labute approximate surface area is 186 Å². The molecule has 0 spiro atoms. The first-order chi connectivity index (χ1) is 15.2. The second-order valence-electron chi connectivity index (χ2n) is 8.52. The summed E-state index contributed by atoms with van der Waals surface area (Å²) in [7, 11) is 0. The number of alkyl halides is 3. The van der Waals surface area contributed by atoms with Crippen LogP contribution in [-0.4, -0.2) is 6.18 Å². The number of hydrogen-bond donors (Lipinski definition) is 0. The highest BCUT2D eigenvalue weighted by Crippen LogP contribution is 2.36. The van der Waals surface area contributed by atoms with Crippen LogP contribution in [0.3, 0.4) is 0 Å². The summed E-state index contributed by atoms with van der Waals surface area (Å²) in [5.74, 6) is -0.824. The summed E-state index contributed by atoms with van der Waals surface area (Å²) in [6, 6.07) is 11.2. The van der Waals surface area contributed by atoms with Gasteiger partial charge in [-0.05, 0) is 91.7 Å². The van der Waals surface area contributed by atoms with Crippen LogP contribution < -0.4 is 0 Å². The summed E-state index contributed by atoms with van der Waals surface area (Å²) >= 11 is 0. The van der Waals surface area contributed by atoms with E-state index in [1.54, 1.807) is 0 Å². The van der Waals surface area contributed by atoms with Crippen molar-refractivity contribution in [3.63, 3.8) is 0 Å². The Hall–Kier alpha value is -2.43. The van der Waals surface area contributed by atoms with Crippen LogP contribution in [0.4, 0.5) is 22.0 Å². The van der Waals surface area contributed by atoms with Gasteiger partial charge in [-0.2, -0.15) is 13.2 Å². The predicted molar refractivity (Wildman–Crippen MR) is 119 cm³/mol. The van der Waals surface area contributed by atoms with Gasteiger partial charge >= 0.3 is 6.18 Å². The maximum atomic E-state index is 14.0. The number of aryl methyl sites for hydroxylation is 2. The van der Waals surface area contributed by atoms with Crippen LogP contribution in [0, 0.1) is 17.6 Å². The van der Waals surface area contributed by atoms with Crippen molar-refractivity contribution in [2.75, 3.05) is 0 Å². The van der Waals surface area contributed by atoms with Gasteiger partial charge in [0.2, 0.25) is 0 Å². The van der Waals surface area contributed by atoms with Crippen LogP contribution in [0.15, 0.2) is 54.6 Å². The highest BCUT2D eigenvalue weighted by atomic mass is 19.4. The average molecular weight is 449 g/mol. The smallest absolute Gasteiger partial charge is 0.206 e. The molecule has 1 aliphatic carbocycles. The van der Waals surface area contributed by atoms with Gasteiger partial charge < -0.3 is 0 Å². The lowest BCUT2D eigenvalue weighted by atomic mass is 9.78. The molecule has 2 aromatic rings. The van der Waals surface area contributed by atoms with E-state index in [4.69, 9.17) is 0 Å². The molecule has 172 valence electrons. The molecule has 1 saturated carbocycles. The fourth-order valence-electron chi connectivity index (χ4n) is 4.33. The van der Waals surface area contributed by atoms with Crippen molar-refractivity contribution in [2.45, 2.75) is 64.0 Å². The highest BCUT2D eigenvalue weighted by molar-refractivity contribution is 5.52. The van der Waals surface area contributed by atoms with Crippen molar-refractivity contribution in [3.05, 3.63) is 88.5 Å². The molecule has 32 heavy (non-hydrogen) atoms. The first-order valence-corrected chi connectivity index (χ1v) is 11.2. The monoisotopic (exact) mass is 448 g/mol. The fraction of sp³-hybridized carbons (Fsp3) is 0.407. The molecule has 0 saturated heterocycles. The van der Waals surface area contributed by atoms with E-state index in [9.17, 15) is 22.0 Å². The van der Waals surface area contributed by atoms with Crippen molar-refractivity contribution >= 4 is 6.08 Å². The highest BCUT2D eigenvalue weighted by Gasteiger charge is 2.23. The standard InChI is InChI=1S/C27H29F5/c1-2-19-7-11-22(12-8-19)23-13-9-20(10-14-23)5-3-4-6-21-17-25(28)24(26(29)18-21)15-16-27(30,31)32/h3,5,7-8,11-12,15-18,20,23H,2,4,6,9-10,13-14H2,1H3/b5-3+,16-15+. The molecule has 0 aliphatic heterocycles. The predicted octanol–water partition coefficient (Wildman–Crippen LogP) is 8.57. The Bertz CT molecular complexity index is 907. The second kappa shape index (κ2) is 10.9. The van der Waals surface area contributed by atoms with E-state index in [1.807, 2.05) is 6.08 Å². The first-order valence-electron chi connectivity index (χ1n) is 11.2. The van der Waals surface area contributed by atoms with E-state index < -0.39 is 23.4 Å². The fourth-order valence-corrected chi connectivity index (χ4v) is 4.33. The molecule has 1 fully saturated rings. The van der Waals surface area contributed by atoms with Crippen LogP contribution >= 0.6 is 0 Å². The lowest BCUT2D eigenvalue weighted by Gasteiger charge is -2.27. The Balaban J connectivity index is 1.47. The third-order valence-corrected chi connectivity index (χ3v) is 6.22. The zero-order valence-electron chi connectivity index (χ0n) is 18.3.